The van der Waals surface area contributed by atoms with Gasteiger partial charge in [0.05, 0.1) is 17.6 Å². The third kappa shape index (κ3) is 5.48. The molecule has 0 fully saturated rings. The van der Waals surface area contributed by atoms with Gasteiger partial charge in [-0.15, -0.1) is 0 Å². The molecule has 0 unspecified atom stereocenters. The van der Waals surface area contributed by atoms with Crippen molar-refractivity contribution in [1.82, 2.24) is 30.0 Å². The molecule has 0 atom stereocenters. The molecule has 0 radical (unpaired) electrons. The lowest BCUT2D eigenvalue weighted by molar-refractivity contribution is 0.768. The molecule has 0 aliphatic carbocycles. The molecular formula is C24H26N8. The van der Waals surface area contributed by atoms with Crippen LogP contribution < -0.4 is 16.4 Å². The van der Waals surface area contributed by atoms with Gasteiger partial charge in [0.2, 0.25) is 5.95 Å². The minimum absolute atomic E-state index is 0.598. The lowest BCUT2D eigenvalue weighted by Crippen LogP contribution is -2.22. The van der Waals surface area contributed by atoms with E-state index >= 15 is 0 Å². The molecular weight excluding hydrogens is 400 g/mol. The molecule has 3 aromatic heterocycles. The summed E-state index contributed by atoms with van der Waals surface area (Å²) in [5.41, 5.74) is 11.7. The van der Waals surface area contributed by atoms with Gasteiger partial charge in [0.1, 0.15) is 0 Å². The molecule has 4 N–H and O–H groups in total. The summed E-state index contributed by atoms with van der Waals surface area (Å²) in [6.45, 7) is 1.29. The summed E-state index contributed by atoms with van der Waals surface area (Å²) < 4.78 is 1.77. The molecule has 8 nitrogen and oxygen atoms in total. The summed E-state index contributed by atoms with van der Waals surface area (Å²) >= 11 is 0. The first-order valence-corrected chi connectivity index (χ1v) is 10.4. The topological polar surface area (TPSA) is 107 Å². The number of hydrogen-bond acceptors (Lipinski definition) is 7. The highest BCUT2D eigenvalue weighted by molar-refractivity contribution is 5.65. The molecule has 3 heterocycles. The maximum absolute atomic E-state index is 5.81. The number of rotatable bonds is 9. The Morgan fingerprint density at radius 2 is 1.72 bits per heavy atom. The van der Waals surface area contributed by atoms with Gasteiger partial charge in [-0.25, -0.2) is 9.97 Å². The van der Waals surface area contributed by atoms with Crippen molar-refractivity contribution < 1.29 is 0 Å². The Labute approximate surface area is 187 Å². The zero-order valence-electron chi connectivity index (χ0n) is 17.9. The molecule has 4 aromatic rings. The van der Waals surface area contributed by atoms with Crippen molar-refractivity contribution in [2.24, 2.45) is 12.8 Å². The number of nitrogens with one attached hydrogen (secondary N) is 2. The highest BCUT2D eigenvalue weighted by atomic mass is 15.2. The number of benzene rings is 1. The number of nitrogens with zero attached hydrogens (tertiary/aromatic N) is 5. The van der Waals surface area contributed by atoms with Crippen molar-refractivity contribution in [2.45, 2.75) is 6.42 Å². The van der Waals surface area contributed by atoms with Crippen molar-refractivity contribution in [3.8, 4) is 11.1 Å². The van der Waals surface area contributed by atoms with E-state index in [0.29, 0.717) is 19.0 Å². The molecule has 0 aliphatic heterocycles. The zero-order chi connectivity index (χ0) is 22.2. The van der Waals surface area contributed by atoms with Gasteiger partial charge in [0.15, 0.2) is 0 Å². The van der Waals surface area contributed by atoms with E-state index in [1.165, 1.54) is 11.8 Å². The van der Waals surface area contributed by atoms with Gasteiger partial charge in [-0.1, -0.05) is 36.4 Å². The van der Waals surface area contributed by atoms with E-state index in [1.807, 2.05) is 68.4 Å². The fourth-order valence-electron chi connectivity index (χ4n) is 3.27. The highest BCUT2D eigenvalue weighted by Gasteiger charge is 2.05. The zero-order valence-corrected chi connectivity index (χ0v) is 17.9. The Morgan fingerprint density at radius 3 is 2.38 bits per heavy atom. The van der Waals surface area contributed by atoms with Crippen molar-refractivity contribution in [3.05, 3.63) is 96.5 Å². The van der Waals surface area contributed by atoms with E-state index in [-0.39, 0.29) is 0 Å². The van der Waals surface area contributed by atoms with Crippen LogP contribution >= 0.6 is 0 Å². The normalized spacial score (nSPS) is 11.3. The monoisotopic (exact) mass is 426 g/mol. The molecule has 162 valence electrons. The molecule has 0 aliphatic rings. The van der Waals surface area contributed by atoms with Gasteiger partial charge in [0.25, 0.3) is 0 Å². The Balaban J connectivity index is 1.25. The van der Waals surface area contributed by atoms with Crippen LogP contribution in [0, 0.1) is 0 Å². The second-order valence-corrected chi connectivity index (χ2v) is 7.35. The summed E-state index contributed by atoms with van der Waals surface area (Å²) in [5.74, 6) is 0.598. The van der Waals surface area contributed by atoms with Crippen LogP contribution in [0.2, 0.25) is 0 Å². The van der Waals surface area contributed by atoms with Crippen LogP contribution in [0.15, 0.2) is 79.6 Å². The standard InChI is InChI=1S/C24H26N8/c1-32-17-21(16-31-32)20-7-8-22(28-15-20)23(12-25)26-9-10-27-24-29-13-19(14-30-24)11-18-5-3-2-4-6-18/h2-8,12-17,26H,9-11,25H2,1H3,(H,27,29,30). The van der Waals surface area contributed by atoms with Gasteiger partial charge in [-0.05, 0) is 17.2 Å². The number of aromatic nitrogens is 5. The fourth-order valence-corrected chi connectivity index (χ4v) is 3.27. The molecule has 4 rings (SSSR count). The largest absolute Gasteiger partial charge is 0.403 e. The van der Waals surface area contributed by atoms with Crippen molar-refractivity contribution >= 4 is 11.6 Å². The maximum atomic E-state index is 5.81. The number of hydrogen-bond donors (Lipinski definition) is 3. The van der Waals surface area contributed by atoms with Crippen molar-refractivity contribution in [2.75, 3.05) is 18.4 Å². The predicted molar refractivity (Wildman–Crippen MR) is 126 cm³/mol. The molecule has 0 spiro atoms. The van der Waals surface area contributed by atoms with Crippen LogP contribution in [0.25, 0.3) is 16.8 Å². The first kappa shape index (κ1) is 21.0. The summed E-state index contributed by atoms with van der Waals surface area (Å²) in [5, 5.41) is 10.7. The summed E-state index contributed by atoms with van der Waals surface area (Å²) in [4.78, 5) is 13.3. The third-order valence-electron chi connectivity index (χ3n) is 4.92. The first-order chi connectivity index (χ1) is 15.7. The van der Waals surface area contributed by atoms with E-state index in [9.17, 15) is 0 Å². The average molecular weight is 427 g/mol. The van der Waals surface area contributed by atoms with Crippen LogP contribution in [-0.2, 0) is 13.5 Å². The second-order valence-electron chi connectivity index (χ2n) is 7.35. The van der Waals surface area contributed by atoms with Gasteiger partial charge >= 0.3 is 0 Å². The minimum Gasteiger partial charge on any atom is -0.403 e. The molecule has 1 aromatic carbocycles. The van der Waals surface area contributed by atoms with Crippen LogP contribution in [0.5, 0.6) is 0 Å². The van der Waals surface area contributed by atoms with Crippen LogP contribution in [0.4, 0.5) is 5.95 Å². The van der Waals surface area contributed by atoms with Crippen molar-refractivity contribution in [1.29, 1.82) is 0 Å². The Kier molecular flexibility index (Phi) is 6.72. The number of pyridine rings is 1. The summed E-state index contributed by atoms with van der Waals surface area (Å²) in [7, 11) is 1.89. The lowest BCUT2D eigenvalue weighted by atomic mass is 10.1. The van der Waals surface area contributed by atoms with E-state index in [0.717, 1.165) is 34.5 Å². The third-order valence-corrected chi connectivity index (χ3v) is 4.92. The molecule has 0 saturated carbocycles. The number of nitrogens with two attached hydrogens (primary N) is 1. The number of aryl methyl sites for hydroxylation is 1. The predicted octanol–water partition coefficient (Wildman–Crippen LogP) is 2.82. The SMILES string of the molecule is Cn1cc(-c2ccc(C(=CN)NCCNc3ncc(Cc4ccccc4)cn3)nc2)cn1. The van der Waals surface area contributed by atoms with Crippen LogP contribution in [0.1, 0.15) is 16.8 Å². The van der Waals surface area contributed by atoms with E-state index in [2.05, 4.69) is 42.8 Å². The summed E-state index contributed by atoms with van der Waals surface area (Å²) in [6.07, 6.45) is 11.7. The molecule has 0 amide bonds. The molecule has 8 heteroatoms. The fraction of sp³-hybridized carbons (Fsp3) is 0.167. The van der Waals surface area contributed by atoms with E-state index in [1.54, 1.807) is 4.68 Å². The van der Waals surface area contributed by atoms with E-state index < -0.39 is 0 Å². The second kappa shape index (κ2) is 10.2. The Morgan fingerprint density at radius 1 is 0.906 bits per heavy atom. The Bertz CT molecular complexity index is 1150. The summed E-state index contributed by atoms with van der Waals surface area (Å²) in [6, 6.07) is 14.2. The molecule has 0 saturated heterocycles. The Hall–Kier alpha value is -4.20. The van der Waals surface area contributed by atoms with Gasteiger partial charge in [0, 0.05) is 68.7 Å². The smallest absolute Gasteiger partial charge is 0.222 e. The highest BCUT2D eigenvalue weighted by Crippen LogP contribution is 2.18. The molecule has 32 heavy (non-hydrogen) atoms. The van der Waals surface area contributed by atoms with Crippen LogP contribution in [-0.4, -0.2) is 37.8 Å². The minimum atomic E-state index is 0.598. The lowest BCUT2D eigenvalue weighted by Gasteiger charge is -2.11. The van der Waals surface area contributed by atoms with Gasteiger partial charge in [-0.2, -0.15) is 5.10 Å². The quantitative estimate of drug-likeness (QED) is 0.353. The van der Waals surface area contributed by atoms with Crippen LogP contribution in [0.3, 0.4) is 0 Å². The number of anilines is 1. The van der Waals surface area contributed by atoms with Gasteiger partial charge < -0.3 is 16.4 Å². The van der Waals surface area contributed by atoms with E-state index in [4.69, 9.17) is 5.73 Å². The molecule has 0 bridgehead atoms. The maximum Gasteiger partial charge on any atom is 0.222 e. The van der Waals surface area contributed by atoms with Gasteiger partial charge in [-0.3, -0.25) is 9.67 Å². The average Bonchev–Trinajstić information content (AvgIpc) is 3.27. The van der Waals surface area contributed by atoms with Crippen molar-refractivity contribution in [3.63, 3.8) is 0 Å². The first-order valence-electron chi connectivity index (χ1n) is 10.4.